The number of hydrogen-bond donors (Lipinski definition) is 1. The third kappa shape index (κ3) is 0.944. The molecule has 2 heterocycles. The first kappa shape index (κ1) is 6.58. The molecule has 2 aliphatic rings. The lowest BCUT2D eigenvalue weighted by Crippen LogP contribution is -2.55. The zero-order valence-electron chi connectivity index (χ0n) is 5.88. The molecule has 58 valence electrons. The Balaban J connectivity index is 1.90. The number of ether oxygens (including phenoxy) is 2. The first-order valence-electron chi connectivity index (χ1n) is 3.71. The summed E-state index contributed by atoms with van der Waals surface area (Å²) in [5, 5.41) is 9.10. The van der Waals surface area contributed by atoms with Crippen molar-refractivity contribution in [3.8, 4) is 0 Å². The molecule has 3 nitrogen and oxygen atoms in total. The van der Waals surface area contributed by atoms with Crippen LogP contribution in [0.15, 0.2) is 0 Å². The molecule has 0 amide bonds. The molecule has 2 fully saturated rings. The van der Waals surface area contributed by atoms with Crippen molar-refractivity contribution in [3.05, 3.63) is 0 Å². The summed E-state index contributed by atoms with van der Waals surface area (Å²) in [4.78, 5) is 0. The second-order valence-electron chi connectivity index (χ2n) is 3.18. The van der Waals surface area contributed by atoms with E-state index < -0.39 is 0 Å². The van der Waals surface area contributed by atoms with Crippen molar-refractivity contribution in [1.29, 1.82) is 0 Å². The van der Waals surface area contributed by atoms with Gasteiger partial charge in [-0.05, 0) is 12.8 Å². The zero-order chi connectivity index (χ0) is 7.03. The quantitative estimate of drug-likeness (QED) is 0.517. The van der Waals surface area contributed by atoms with Crippen LogP contribution in [0.2, 0.25) is 0 Å². The van der Waals surface area contributed by atoms with Gasteiger partial charge in [-0.25, -0.2) is 0 Å². The highest BCUT2D eigenvalue weighted by molar-refractivity contribution is 4.91. The molecule has 1 unspecified atom stereocenters. The molecule has 0 aliphatic carbocycles. The largest absolute Gasteiger partial charge is 0.391 e. The SMILES string of the molecule is OC1CCC2(COC2)OC1. The van der Waals surface area contributed by atoms with E-state index in [9.17, 15) is 0 Å². The molecule has 3 heteroatoms. The maximum atomic E-state index is 9.10. The van der Waals surface area contributed by atoms with Crippen LogP contribution in [0.1, 0.15) is 12.8 Å². The van der Waals surface area contributed by atoms with Gasteiger partial charge in [0.1, 0.15) is 5.60 Å². The maximum Gasteiger partial charge on any atom is 0.115 e. The third-order valence-corrected chi connectivity index (χ3v) is 2.25. The average Bonchev–Trinajstić information content (AvgIpc) is 1.86. The molecule has 10 heavy (non-hydrogen) atoms. The predicted molar refractivity (Wildman–Crippen MR) is 34.7 cm³/mol. The summed E-state index contributed by atoms with van der Waals surface area (Å²) >= 11 is 0. The van der Waals surface area contributed by atoms with E-state index in [2.05, 4.69) is 0 Å². The number of rotatable bonds is 0. The van der Waals surface area contributed by atoms with Crippen LogP contribution in [-0.2, 0) is 9.47 Å². The van der Waals surface area contributed by atoms with E-state index in [1.54, 1.807) is 0 Å². The fourth-order valence-corrected chi connectivity index (χ4v) is 1.42. The molecule has 0 saturated carbocycles. The van der Waals surface area contributed by atoms with Gasteiger partial charge in [-0.15, -0.1) is 0 Å². The fourth-order valence-electron chi connectivity index (χ4n) is 1.42. The lowest BCUT2D eigenvalue weighted by atomic mass is 9.91. The molecule has 2 rings (SSSR count). The first-order chi connectivity index (χ1) is 4.81. The zero-order valence-corrected chi connectivity index (χ0v) is 5.88. The van der Waals surface area contributed by atoms with Crippen LogP contribution in [0.5, 0.6) is 0 Å². The van der Waals surface area contributed by atoms with Gasteiger partial charge in [0, 0.05) is 0 Å². The topological polar surface area (TPSA) is 38.7 Å². The second-order valence-corrected chi connectivity index (χ2v) is 3.18. The molecular formula is C7H12O3. The Morgan fingerprint density at radius 3 is 2.60 bits per heavy atom. The minimum absolute atomic E-state index is 0.000764. The Labute approximate surface area is 59.9 Å². The molecule has 0 bridgehead atoms. The van der Waals surface area contributed by atoms with Crippen LogP contribution in [-0.4, -0.2) is 36.6 Å². The van der Waals surface area contributed by atoms with Gasteiger partial charge in [-0.3, -0.25) is 0 Å². The predicted octanol–water partition coefficient (Wildman–Crippen LogP) is -0.0733. The molecule has 1 N–H and O–H groups in total. The van der Waals surface area contributed by atoms with E-state index >= 15 is 0 Å². The van der Waals surface area contributed by atoms with Crippen LogP contribution in [0, 0.1) is 0 Å². The highest BCUT2D eigenvalue weighted by Crippen LogP contribution is 2.31. The summed E-state index contributed by atoms with van der Waals surface area (Å²) < 4.78 is 10.5. The molecule has 2 saturated heterocycles. The van der Waals surface area contributed by atoms with Crippen molar-refractivity contribution in [2.24, 2.45) is 0 Å². The summed E-state index contributed by atoms with van der Waals surface area (Å²) in [7, 11) is 0. The first-order valence-corrected chi connectivity index (χ1v) is 3.71. The highest BCUT2D eigenvalue weighted by atomic mass is 16.6. The van der Waals surface area contributed by atoms with Gasteiger partial charge < -0.3 is 14.6 Å². The molecular weight excluding hydrogens is 132 g/mol. The lowest BCUT2D eigenvalue weighted by Gasteiger charge is -2.44. The molecule has 0 aromatic rings. The Bertz CT molecular complexity index is 121. The number of aliphatic hydroxyl groups is 1. The monoisotopic (exact) mass is 144 g/mol. The molecule has 1 atom stereocenters. The van der Waals surface area contributed by atoms with E-state index in [1.807, 2.05) is 0 Å². The summed E-state index contributed by atoms with van der Waals surface area (Å²) in [6.07, 6.45) is 1.57. The average molecular weight is 144 g/mol. The van der Waals surface area contributed by atoms with Crippen LogP contribution < -0.4 is 0 Å². The number of aliphatic hydroxyl groups excluding tert-OH is 1. The van der Waals surface area contributed by atoms with Gasteiger partial charge in [0.25, 0.3) is 0 Å². The minimum atomic E-state index is -0.244. The van der Waals surface area contributed by atoms with Gasteiger partial charge in [0.15, 0.2) is 0 Å². The maximum absolute atomic E-state index is 9.10. The van der Waals surface area contributed by atoms with Crippen molar-refractivity contribution in [2.45, 2.75) is 24.5 Å². The van der Waals surface area contributed by atoms with Crippen molar-refractivity contribution in [2.75, 3.05) is 19.8 Å². The van der Waals surface area contributed by atoms with E-state index in [1.165, 1.54) is 0 Å². The van der Waals surface area contributed by atoms with E-state index in [0.29, 0.717) is 6.61 Å². The Morgan fingerprint density at radius 2 is 2.20 bits per heavy atom. The Kier molecular flexibility index (Phi) is 1.44. The van der Waals surface area contributed by atoms with Crippen molar-refractivity contribution >= 4 is 0 Å². The standard InChI is InChI=1S/C7H12O3/c8-6-1-2-7(10-3-6)4-9-5-7/h6,8H,1-5H2. The van der Waals surface area contributed by atoms with Crippen molar-refractivity contribution < 1.29 is 14.6 Å². The molecule has 2 aliphatic heterocycles. The molecule has 0 aromatic carbocycles. The highest BCUT2D eigenvalue weighted by Gasteiger charge is 2.42. The van der Waals surface area contributed by atoms with E-state index in [-0.39, 0.29) is 11.7 Å². The molecule has 1 spiro atoms. The Morgan fingerprint density at radius 1 is 1.40 bits per heavy atom. The van der Waals surface area contributed by atoms with Crippen molar-refractivity contribution in [1.82, 2.24) is 0 Å². The van der Waals surface area contributed by atoms with Gasteiger partial charge in [0.2, 0.25) is 0 Å². The smallest absolute Gasteiger partial charge is 0.115 e. The van der Waals surface area contributed by atoms with Crippen LogP contribution in [0.25, 0.3) is 0 Å². The fraction of sp³-hybridized carbons (Fsp3) is 1.00. The van der Waals surface area contributed by atoms with Gasteiger partial charge in [-0.1, -0.05) is 0 Å². The second kappa shape index (κ2) is 2.19. The summed E-state index contributed by atoms with van der Waals surface area (Å²) in [6, 6.07) is 0. The summed E-state index contributed by atoms with van der Waals surface area (Å²) in [5.41, 5.74) is -0.000764. The molecule has 0 aromatic heterocycles. The van der Waals surface area contributed by atoms with Gasteiger partial charge >= 0.3 is 0 Å². The van der Waals surface area contributed by atoms with Gasteiger partial charge in [-0.2, -0.15) is 0 Å². The summed E-state index contributed by atoms with van der Waals surface area (Å²) in [6.45, 7) is 1.93. The normalized spacial score (nSPS) is 37.5. The van der Waals surface area contributed by atoms with E-state index in [0.717, 1.165) is 26.1 Å². The lowest BCUT2D eigenvalue weighted by molar-refractivity contribution is -0.241. The van der Waals surface area contributed by atoms with Crippen LogP contribution in [0.3, 0.4) is 0 Å². The van der Waals surface area contributed by atoms with Crippen molar-refractivity contribution in [3.63, 3.8) is 0 Å². The molecule has 0 radical (unpaired) electrons. The van der Waals surface area contributed by atoms with Gasteiger partial charge in [0.05, 0.1) is 25.9 Å². The summed E-state index contributed by atoms with van der Waals surface area (Å²) in [5.74, 6) is 0. The number of hydrogen-bond acceptors (Lipinski definition) is 3. The third-order valence-electron chi connectivity index (χ3n) is 2.25. The van der Waals surface area contributed by atoms with E-state index in [4.69, 9.17) is 14.6 Å². The Hall–Kier alpha value is -0.120. The van der Waals surface area contributed by atoms with Crippen LogP contribution in [0.4, 0.5) is 0 Å². The van der Waals surface area contributed by atoms with Crippen LogP contribution >= 0.6 is 0 Å². The minimum Gasteiger partial charge on any atom is -0.391 e.